The topological polar surface area (TPSA) is 42.0 Å². The highest BCUT2D eigenvalue weighted by Gasteiger charge is 2.09. The van der Waals surface area contributed by atoms with Crippen LogP contribution in [0.5, 0.6) is 0 Å². The largest absolute Gasteiger partial charge is 0.326 e. The van der Waals surface area contributed by atoms with Gasteiger partial charge in [-0.25, -0.2) is 4.98 Å². The van der Waals surface area contributed by atoms with Crippen molar-refractivity contribution in [2.24, 2.45) is 0 Å². The quantitative estimate of drug-likeness (QED) is 0.684. The fourth-order valence-electron chi connectivity index (χ4n) is 2.17. The van der Waals surface area contributed by atoms with Gasteiger partial charge in [-0.15, -0.1) is 23.1 Å². The summed E-state index contributed by atoms with van der Waals surface area (Å²) in [6.45, 7) is 0. The van der Waals surface area contributed by atoms with Gasteiger partial charge in [-0.05, 0) is 24.5 Å². The highest BCUT2D eigenvalue weighted by atomic mass is 32.2. The molecule has 3 aromatic rings. The summed E-state index contributed by atoms with van der Waals surface area (Å²) >= 11 is 3.22. The predicted octanol–water partition coefficient (Wildman–Crippen LogP) is 4.71. The van der Waals surface area contributed by atoms with E-state index in [1.54, 1.807) is 23.1 Å². The average molecular weight is 340 g/mol. The van der Waals surface area contributed by atoms with Crippen LogP contribution in [0, 0.1) is 0 Å². The number of benzene rings is 2. The lowest BCUT2D eigenvalue weighted by atomic mass is 10.2. The van der Waals surface area contributed by atoms with Gasteiger partial charge in [0.1, 0.15) is 5.01 Å². The third-order valence-electron chi connectivity index (χ3n) is 3.27. The van der Waals surface area contributed by atoms with Gasteiger partial charge in [0.15, 0.2) is 0 Å². The number of rotatable bonds is 5. The van der Waals surface area contributed by atoms with Crippen molar-refractivity contribution in [1.82, 2.24) is 4.98 Å². The van der Waals surface area contributed by atoms with E-state index in [4.69, 9.17) is 0 Å². The van der Waals surface area contributed by atoms with E-state index in [-0.39, 0.29) is 12.3 Å². The van der Waals surface area contributed by atoms with Gasteiger partial charge in [0.25, 0.3) is 0 Å². The second-order valence-electron chi connectivity index (χ2n) is 4.97. The summed E-state index contributed by atoms with van der Waals surface area (Å²) < 4.78 is 0. The van der Waals surface area contributed by atoms with Crippen LogP contribution < -0.4 is 5.32 Å². The zero-order chi connectivity index (χ0) is 16.1. The third-order valence-corrected chi connectivity index (χ3v) is 4.93. The normalized spacial score (nSPS) is 10.5. The average Bonchev–Trinajstić information content (AvgIpc) is 3.04. The van der Waals surface area contributed by atoms with Gasteiger partial charge < -0.3 is 5.32 Å². The Morgan fingerprint density at radius 3 is 2.78 bits per heavy atom. The van der Waals surface area contributed by atoms with Crippen LogP contribution in [-0.4, -0.2) is 17.1 Å². The second-order valence-corrected chi connectivity index (χ2v) is 6.70. The summed E-state index contributed by atoms with van der Waals surface area (Å²) in [7, 11) is 0. The monoisotopic (exact) mass is 340 g/mol. The predicted molar refractivity (Wildman–Crippen MR) is 98.1 cm³/mol. The summed E-state index contributed by atoms with van der Waals surface area (Å²) in [6.07, 6.45) is 2.30. The molecule has 0 radical (unpaired) electrons. The van der Waals surface area contributed by atoms with Crippen molar-refractivity contribution in [3.05, 3.63) is 65.7 Å². The molecule has 2 aromatic carbocycles. The molecule has 0 unspecified atom stereocenters. The Morgan fingerprint density at radius 1 is 1.17 bits per heavy atom. The first-order valence-electron chi connectivity index (χ1n) is 7.18. The molecule has 0 aliphatic heterocycles. The van der Waals surface area contributed by atoms with Crippen LogP contribution in [0.3, 0.4) is 0 Å². The standard InChI is InChI=1S/C18H16N2OS2/c1-22-16-9-5-8-14(10-16)19-17(21)11-15-12-23-18(20-15)13-6-3-2-4-7-13/h2-10,12H,11H2,1H3,(H,19,21). The number of hydrogen-bond acceptors (Lipinski definition) is 4. The molecule has 1 aromatic heterocycles. The van der Waals surface area contributed by atoms with Gasteiger partial charge in [0.2, 0.25) is 5.91 Å². The zero-order valence-electron chi connectivity index (χ0n) is 12.7. The van der Waals surface area contributed by atoms with Crippen molar-refractivity contribution in [3.8, 4) is 10.6 Å². The fraction of sp³-hybridized carbons (Fsp3) is 0.111. The van der Waals surface area contributed by atoms with Crippen molar-refractivity contribution >= 4 is 34.7 Å². The molecule has 0 aliphatic rings. The van der Waals surface area contributed by atoms with Gasteiger partial charge in [-0.2, -0.15) is 0 Å². The molecule has 0 saturated heterocycles. The lowest BCUT2D eigenvalue weighted by Gasteiger charge is -2.05. The van der Waals surface area contributed by atoms with Crippen LogP contribution in [-0.2, 0) is 11.2 Å². The van der Waals surface area contributed by atoms with Crippen molar-refractivity contribution < 1.29 is 4.79 Å². The Labute approximate surface area is 143 Å². The number of aromatic nitrogens is 1. The Hall–Kier alpha value is -2.11. The fourth-order valence-corrected chi connectivity index (χ4v) is 3.46. The number of anilines is 1. The van der Waals surface area contributed by atoms with Crippen LogP contribution in [0.15, 0.2) is 64.9 Å². The van der Waals surface area contributed by atoms with Crippen molar-refractivity contribution in [1.29, 1.82) is 0 Å². The molecular formula is C18H16N2OS2. The maximum Gasteiger partial charge on any atom is 0.230 e. The SMILES string of the molecule is CSc1cccc(NC(=O)Cc2csc(-c3ccccc3)n2)c1. The van der Waals surface area contributed by atoms with E-state index < -0.39 is 0 Å². The molecule has 1 amide bonds. The molecule has 3 rings (SSSR count). The first kappa shape index (κ1) is 15.8. The lowest BCUT2D eigenvalue weighted by Crippen LogP contribution is -2.14. The van der Waals surface area contributed by atoms with E-state index in [9.17, 15) is 4.79 Å². The molecule has 23 heavy (non-hydrogen) atoms. The number of carbonyl (C=O) groups excluding carboxylic acids is 1. The minimum absolute atomic E-state index is 0.0480. The van der Waals surface area contributed by atoms with Gasteiger partial charge >= 0.3 is 0 Å². The molecular weight excluding hydrogens is 324 g/mol. The molecule has 1 N–H and O–H groups in total. The number of nitrogens with zero attached hydrogens (tertiary/aromatic N) is 1. The highest BCUT2D eigenvalue weighted by molar-refractivity contribution is 7.98. The van der Waals surface area contributed by atoms with Crippen molar-refractivity contribution in [2.75, 3.05) is 11.6 Å². The van der Waals surface area contributed by atoms with Crippen LogP contribution in [0.25, 0.3) is 10.6 Å². The van der Waals surface area contributed by atoms with Gasteiger partial charge in [-0.1, -0.05) is 36.4 Å². The van der Waals surface area contributed by atoms with E-state index in [0.717, 1.165) is 26.8 Å². The molecule has 5 heteroatoms. The van der Waals surface area contributed by atoms with Gasteiger partial charge in [-0.3, -0.25) is 4.79 Å². The molecule has 0 spiro atoms. The number of hydrogen-bond donors (Lipinski definition) is 1. The zero-order valence-corrected chi connectivity index (χ0v) is 14.3. The summed E-state index contributed by atoms with van der Waals surface area (Å²) in [4.78, 5) is 17.9. The number of nitrogens with one attached hydrogen (secondary N) is 1. The number of amides is 1. The Balaban J connectivity index is 1.65. The maximum absolute atomic E-state index is 12.2. The van der Waals surface area contributed by atoms with E-state index in [1.165, 1.54) is 0 Å². The molecule has 0 fully saturated rings. The summed E-state index contributed by atoms with van der Waals surface area (Å²) in [5, 5.41) is 5.81. The lowest BCUT2D eigenvalue weighted by molar-refractivity contribution is -0.115. The second kappa shape index (κ2) is 7.44. The van der Waals surface area contributed by atoms with Crippen LogP contribution in [0.2, 0.25) is 0 Å². The first-order chi connectivity index (χ1) is 11.2. The Morgan fingerprint density at radius 2 is 2.00 bits per heavy atom. The smallest absolute Gasteiger partial charge is 0.230 e. The highest BCUT2D eigenvalue weighted by Crippen LogP contribution is 2.24. The molecule has 1 heterocycles. The first-order valence-corrected chi connectivity index (χ1v) is 9.29. The molecule has 3 nitrogen and oxygen atoms in total. The summed E-state index contributed by atoms with van der Waals surface area (Å²) in [6, 6.07) is 17.8. The maximum atomic E-state index is 12.2. The minimum atomic E-state index is -0.0480. The van der Waals surface area contributed by atoms with E-state index in [2.05, 4.69) is 10.3 Å². The third kappa shape index (κ3) is 4.21. The number of thiazole rings is 1. The molecule has 0 aliphatic carbocycles. The molecule has 0 saturated carbocycles. The van der Waals surface area contributed by atoms with Crippen LogP contribution >= 0.6 is 23.1 Å². The summed E-state index contributed by atoms with van der Waals surface area (Å²) in [5.74, 6) is -0.0480. The summed E-state index contributed by atoms with van der Waals surface area (Å²) in [5.41, 5.74) is 2.70. The number of carbonyl (C=O) groups is 1. The van der Waals surface area contributed by atoms with E-state index >= 15 is 0 Å². The van der Waals surface area contributed by atoms with E-state index in [0.29, 0.717) is 0 Å². The number of thioether (sulfide) groups is 1. The van der Waals surface area contributed by atoms with Crippen LogP contribution in [0.4, 0.5) is 5.69 Å². The molecule has 0 atom stereocenters. The van der Waals surface area contributed by atoms with Gasteiger partial charge in [0.05, 0.1) is 12.1 Å². The van der Waals surface area contributed by atoms with E-state index in [1.807, 2.05) is 66.2 Å². The minimum Gasteiger partial charge on any atom is -0.326 e. The molecule has 0 bridgehead atoms. The molecule has 116 valence electrons. The Kier molecular flexibility index (Phi) is 5.10. The van der Waals surface area contributed by atoms with Gasteiger partial charge in [0, 0.05) is 21.5 Å². The van der Waals surface area contributed by atoms with Crippen molar-refractivity contribution in [2.45, 2.75) is 11.3 Å². The van der Waals surface area contributed by atoms with Crippen molar-refractivity contribution in [3.63, 3.8) is 0 Å². The Bertz CT molecular complexity index is 800. The van der Waals surface area contributed by atoms with Crippen LogP contribution in [0.1, 0.15) is 5.69 Å².